The van der Waals surface area contributed by atoms with Crippen molar-refractivity contribution in [3.63, 3.8) is 0 Å². The first-order valence-electron chi connectivity index (χ1n) is 12.1. The van der Waals surface area contributed by atoms with E-state index in [1.807, 2.05) is 29.3 Å². The fraction of sp³-hybridized carbons (Fsp3) is 0.333. The Morgan fingerprint density at radius 3 is 2.84 bits per heavy atom. The van der Waals surface area contributed by atoms with E-state index in [0.717, 1.165) is 40.5 Å². The highest BCUT2D eigenvalue weighted by Gasteiger charge is 2.49. The van der Waals surface area contributed by atoms with Gasteiger partial charge in [-0.2, -0.15) is 11.3 Å². The van der Waals surface area contributed by atoms with Crippen LogP contribution in [0.2, 0.25) is 0 Å². The molecule has 1 spiro atoms. The molecule has 0 saturated carbocycles. The van der Waals surface area contributed by atoms with Crippen LogP contribution in [0.3, 0.4) is 0 Å². The van der Waals surface area contributed by atoms with Gasteiger partial charge in [0.15, 0.2) is 5.13 Å². The van der Waals surface area contributed by atoms with Crippen molar-refractivity contribution in [3.05, 3.63) is 64.0 Å². The molecule has 1 N–H and O–H groups in total. The maximum Gasteiger partial charge on any atom is 0.258 e. The third-order valence-corrected chi connectivity index (χ3v) is 9.73. The molecule has 4 heterocycles. The maximum atomic E-state index is 13.5. The minimum absolute atomic E-state index is 0.0434. The van der Waals surface area contributed by atoms with Crippen molar-refractivity contribution >= 4 is 57.7 Å². The van der Waals surface area contributed by atoms with Crippen LogP contribution >= 0.6 is 34.4 Å². The van der Waals surface area contributed by atoms with Gasteiger partial charge in [-0.15, -0.1) is 0 Å². The molecular weight excluding hydrogens is 541 g/mol. The first-order valence-corrected chi connectivity index (χ1v) is 14.7. The molecule has 5 rings (SSSR count). The molecule has 2 fully saturated rings. The molecule has 0 bridgehead atoms. The second kappa shape index (κ2) is 11.0. The normalized spacial score (nSPS) is 16.3. The topological polar surface area (TPSA) is 91.8 Å². The predicted octanol–water partition coefficient (Wildman–Crippen LogP) is 4.83. The van der Waals surface area contributed by atoms with Gasteiger partial charge in [0.1, 0.15) is 12.0 Å². The minimum atomic E-state index is -0.183. The van der Waals surface area contributed by atoms with E-state index in [9.17, 15) is 14.4 Å². The number of carbonyl (C=O) groups is 3. The van der Waals surface area contributed by atoms with Crippen LogP contribution in [-0.4, -0.2) is 72.7 Å². The highest BCUT2D eigenvalue weighted by atomic mass is 32.2. The van der Waals surface area contributed by atoms with E-state index in [1.165, 1.54) is 34.4 Å². The first kappa shape index (κ1) is 26.6. The van der Waals surface area contributed by atoms with Gasteiger partial charge in [-0.25, -0.2) is 4.98 Å². The molecule has 2 aliphatic rings. The number of nitrogens with one attached hydrogen (secondary N) is 1. The number of ether oxygens (including phenoxy) is 1. The zero-order valence-electron chi connectivity index (χ0n) is 21.2. The van der Waals surface area contributed by atoms with E-state index in [2.05, 4.69) is 21.8 Å². The number of thiazole rings is 1. The first-order chi connectivity index (χ1) is 18.3. The number of benzene rings is 1. The highest BCUT2D eigenvalue weighted by molar-refractivity contribution is 8.01. The largest absolute Gasteiger partial charge is 0.496 e. The summed E-state index contributed by atoms with van der Waals surface area (Å²) >= 11 is 4.37. The van der Waals surface area contributed by atoms with Gasteiger partial charge in [-0.3, -0.25) is 24.6 Å². The lowest BCUT2D eigenvalue weighted by Crippen LogP contribution is -2.59. The van der Waals surface area contributed by atoms with Crippen molar-refractivity contribution in [1.29, 1.82) is 0 Å². The van der Waals surface area contributed by atoms with Crippen LogP contribution in [0.5, 0.6) is 5.75 Å². The molecular formula is C27H28N4O4S3. The summed E-state index contributed by atoms with van der Waals surface area (Å²) in [5.41, 5.74) is 2.80. The Hall–Kier alpha value is -2.99. The fourth-order valence-electron chi connectivity index (χ4n) is 4.97. The average molecular weight is 569 g/mol. The molecule has 38 heavy (non-hydrogen) atoms. The number of methoxy groups -OCH3 is 1. The number of anilines is 1. The van der Waals surface area contributed by atoms with Crippen LogP contribution in [0.1, 0.15) is 32.7 Å². The van der Waals surface area contributed by atoms with Gasteiger partial charge >= 0.3 is 0 Å². The van der Waals surface area contributed by atoms with E-state index in [1.54, 1.807) is 24.8 Å². The zero-order valence-corrected chi connectivity index (χ0v) is 23.6. The van der Waals surface area contributed by atoms with E-state index in [0.29, 0.717) is 47.2 Å². The Morgan fingerprint density at radius 2 is 2.13 bits per heavy atom. The van der Waals surface area contributed by atoms with Crippen molar-refractivity contribution in [2.24, 2.45) is 5.41 Å². The van der Waals surface area contributed by atoms with E-state index < -0.39 is 0 Å². The number of likely N-dealkylation sites (tertiary alicyclic amines) is 2. The van der Waals surface area contributed by atoms with Gasteiger partial charge in [-0.05, 0) is 54.6 Å². The van der Waals surface area contributed by atoms with Crippen molar-refractivity contribution < 1.29 is 19.1 Å². The number of nitrogens with zero attached hydrogens (tertiary/aromatic N) is 3. The SMILES string of the molecule is C=C(C=O)CN1CCC2(C1)CN(C(=O)c1cc(Sc3cnc(NC(=O)c4ccsc4)s3)c(C)cc1OC)C2. The fourth-order valence-corrected chi connectivity index (χ4v) is 7.54. The molecule has 1 aromatic carbocycles. The summed E-state index contributed by atoms with van der Waals surface area (Å²) in [7, 11) is 1.58. The maximum absolute atomic E-state index is 13.5. The molecule has 2 aromatic heterocycles. The van der Waals surface area contributed by atoms with Crippen LogP contribution in [0.25, 0.3) is 0 Å². The summed E-state index contributed by atoms with van der Waals surface area (Å²) < 4.78 is 6.49. The van der Waals surface area contributed by atoms with E-state index >= 15 is 0 Å². The third kappa shape index (κ3) is 5.56. The number of amides is 2. The molecule has 0 atom stereocenters. The Labute approximate surface area is 233 Å². The second-order valence-corrected chi connectivity index (χ2v) is 12.9. The monoisotopic (exact) mass is 568 g/mol. The lowest BCUT2D eigenvalue weighted by molar-refractivity contribution is -0.105. The van der Waals surface area contributed by atoms with Crippen LogP contribution in [0, 0.1) is 12.3 Å². The number of hydrogen-bond acceptors (Lipinski definition) is 9. The zero-order chi connectivity index (χ0) is 26.9. The second-order valence-electron chi connectivity index (χ2n) is 9.77. The quantitative estimate of drug-likeness (QED) is 0.292. The van der Waals surface area contributed by atoms with Gasteiger partial charge < -0.3 is 9.64 Å². The number of aryl methyl sites for hydroxylation is 1. The molecule has 198 valence electrons. The van der Waals surface area contributed by atoms with E-state index in [-0.39, 0.29) is 17.2 Å². The summed E-state index contributed by atoms with van der Waals surface area (Å²) in [6.07, 6.45) is 3.55. The third-order valence-electron chi connectivity index (χ3n) is 6.88. The van der Waals surface area contributed by atoms with Gasteiger partial charge in [-0.1, -0.05) is 29.7 Å². The van der Waals surface area contributed by atoms with Crippen LogP contribution < -0.4 is 10.1 Å². The average Bonchev–Trinajstić information content (AvgIpc) is 3.65. The van der Waals surface area contributed by atoms with Crippen LogP contribution in [0.4, 0.5) is 5.13 Å². The Balaban J connectivity index is 1.26. The molecule has 2 aliphatic heterocycles. The molecule has 3 aromatic rings. The van der Waals surface area contributed by atoms with Crippen LogP contribution in [-0.2, 0) is 4.79 Å². The molecule has 0 aliphatic carbocycles. The summed E-state index contributed by atoms with van der Waals surface area (Å²) in [5.74, 6) is 0.330. The van der Waals surface area contributed by atoms with E-state index in [4.69, 9.17) is 4.74 Å². The number of carbonyl (C=O) groups excluding carboxylic acids is 3. The summed E-state index contributed by atoms with van der Waals surface area (Å²) in [5, 5.41) is 7.02. The number of rotatable bonds is 9. The lowest BCUT2D eigenvalue weighted by atomic mass is 9.78. The molecule has 0 unspecified atom stereocenters. The van der Waals surface area contributed by atoms with Gasteiger partial charge in [0.2, 0.25) is 0 Å². The molecule has 2 saturated heterocycles. The van der Waals surface area contributed by atoms with Gasteiger partial charge in [0.25, 0.3) is 11.8 Å². The smallest absolute Gasteiger partial charge is 0.258 e. The van der Waals surface area contributed by atoms with Crippen molar-refractivity contribution in [3.8, 4) is 5.75 Å². The van der Waals surface area contributed by atoms with Crippen LogP contribution in [0.15, 0.2) is 56.4 Å². The number of hydrogen-bond donors (Lipinski definition) is 1. The Morgan fingerprint density at radius 1 is 1.32 bits per heavy atom. The van der Waals surface area contributed by atoms with Crippen molar-refractivity contribution in [2.45, 2.75) is 22.4 Å². The van der Waals surface area contributed by atoms with Gasteiger partial charge in [0, 0.05) is 41.9 Å². The Kier molecular flexibility index (Phi) is 7.71. The van der Waals surface area contributed by atoms with Gasteiger partial charge in [0.05, 0.1) is 28.6 Å². The van der Waals surface area contributed by atoms with Crippen molar-refractivity contribution in [2.75, 3.05) is 45.2 Å². The molecule has 0 radical (unpaired) electrons. The highest BCUT2D eigenvalue weighted by Crippen LogP contribution is 2.42. The number of aldehydes is 1. The molecule has 2 amide bonds. The predicted molar refractivity (Wildman–Crippen MR) is 151 cm³/mol. The Bertz CT molecular complexity index is 1380. The molecule has 8 nitrogen and oxygen atoms in total. The summed E-state index contributed by atoms with van der Waals surface area (Å²) in [6.45, 7) is 9.52. The lowest BCUT2D eigenvalue weighted by Gasteiger charge is -2.48. The summed E-state index contributed by atoms with van der Waals surface area (Å²) in [6, 6.07) is 5.56. The minimum Gasteiger partial charge on any atom is -0.496 e. The molecule has 11 heteroatoms. The number of aromatic nitrogens is 1. The van der Waals surface area contributed by atoms with Crippen molar-refractivity contribution in [1.82, 2.24) is 14.8 Å². The summed E-state index contributed by atoms with van der Waals surface area (Å²) in [4.78, 5) is 46.2. The standard InChI is InChI=1S/C27H28N4O4S3/c1-17(12-32)11-30-6-5-27(14-30)15-31(16-27)25(34)20-9-22(18(2)8-21(20)35-3)37-23-10-28-26(38-23)29-24(33)19-4-7-36-13-19/h4,7-10,12-13H,1,5-6,11,14-16H2,2-3H3,(H,28,29,33). The number of thiophene rings is 1.